The molecule has 3 aliphatic carbocycles. The summed E-state index contributed by atoms with van der Waals surface area (Å²) in [5.74, 6) is 1.15. The van der Waals surface area contributed by atoms with E-state index in [0.29, 0.717) is 17.8 Å². The molecule has 5 heteroatoms. The van der Waals surface area contributed by atoms with Crippen LogP contribution in [0, 0.1) is 47.3 Å². The summed E-state index contributed by atoms with van der Waals surface area (Å²) in [5, 5.41) is 14.0. The van der Waals surface area contributed by atoms with Crippen molar-refractivity contribution < 1.29 is 19.4 Å². The van der Waals surface area contributed by atoms with E-state index < -0.39 is 11.6 Å². The number of carbonyl (C=O) groups is 2. The van der Waals surface area contributed by atoms with Gasteiger partial charge in [-0.1, -0.05) is 49.8 Å². The van der Waals surface area contributed by atoms with E-state index >= 15 is 0 Å². The number of aliphatic hydroxyl groups is 1. The zero-order valence-electron chi connectivity index (χ0n) is 20.0. The number of benzene rings is 1. The number of hydrogen-bond acceptors (Lipinski definition) is 4. The summed E-state index contributed by atoms with van der Waals surface area (Å²) in [4.78, 5) is 27.3. The van der Waals surface area contributed by atoms with Gasteiger partial charge in [-0.25, -0.2) is 0 Å². The quantitative estimate of drug-likeness (QED) is 0.489. The first-order valence-corrected chi connectivity index (χ1v) is 13.0. The Kier molecular flexibility index (Phi) is 5.25. The standard InChI is InChI=1S/C29H35NO4/c1-3-4-18-8-12-20-22-13-16(2)5-11-21(22)27-25(20)24(18)26(31)23-15-29(33,30-28(23)32)14-17-6-9-19(34-27)10-7-17/h3-4,6-10,12,16,18,20-25,27,33H,5,11,13-15H2,1-2H3,(H,30,32)/b4-3-. The molecule has 0 spiro atoms. The molecule has 7 rings (SSSR count). The number of nitrogens with one attached hydrogen (secondary N) is 1. The maximum atomic E-state index is 14.2. The minimum atomic E-state index is -1.40. The van der Waals surface area contributed by atoms with E-state index in [4.69, 9.17) is 4.74 Å². The van der Waals surface area contributed by atoms with Crippen LogP contribution in [-0.2, 0) is 16.0 Å². The molecule has 6 aliphatic rings. The molecule has 1 saturated heterocycles. The summed E-state index contributed by atoms with van der Waals surface area (Å²) in [5.41, 5.74) is -0.478. The van der Waals surface area contributed by atoms with Gasteiger partial charge in [-0.2, -0.15) is 0 Å². The number of carbonyl (C=O) groups excluding carboxylic acids is 2. The van der Waals surface area contributed by atoms with Crippen LogP contribution in [0.1, 0.15) is 45.1 Å². The first kappa shape index (κ1) is 22.1. The molecule has 3 aliphatic heterocycles. The van der Waals surface area contributed by atoms with E-state index in [2.05, 4.69) is 30.5 Å². The molecule has 180 valence electrons. The summed E-state index contributed by atoms with van der Waals surface area (Å²) < 4.78 is 6.78. The lowest BCUT2D eigenvalue weighted by molar-refractivity contribution is -0.137. The molecule has 1 aromatic rings. The largest absolute Gasteiger partial charge is 0.490 e. The van der Waals surface area contributed by atoms with Crippen molar-refractivity contribution in [1.82, 2.24) is 5.32 Å². The van der Waals surface area contributed by atoms with Gasteiger partial charge in [-0.3, -0.25) is 9.59 Å². The molecule has 3 fully saturated rings. The van der Waals surface area contributed by atoms with Gasteiger partial charge in [-0.05, 0) is 61.1 Å². The Bertz CT molecular complexity index is 1040. The van der Waals surface area contributed by atoms with Crippen molar-refractivity contribution in [3.63, 3.8) is 0 Å². The van der Waals surface area contributed by atoms with E-state index in [1.807, 2.05) is 37.3 Å². The second kappa shape index (κ2) is 8.08. The van der Waals surface area contributed by atoms with Gasteiger partial charge in [-0.15, -0.1) is 0 Å². The molecule has 34 heavy (non-hydrogen) atoms. The fraction of sp³-hybridized carbons (Fsp3) is 0.586. The van der Waals surface area contributed by atoms with Crippen molar-refractivity contribution in [1.29, 1.82) is 0 Å². The molecule has 2 saturated carbocycles. The van der Waals surface area contributed by atoms with Gasteiger partial charge in [0.2, 0.25) is 5.91 Å². The molecule has 4 bridgehead atoms. The number of hydrogen-bond donors (Lipinski definition) is 2. The van der Waals surface area contributed by atoms with E-state index in [0.717, 1.165) is 24.2 Å². The van der Waals surface area contributed by atoms with Gasteiger partial charge < -0.3 is 15.2 Å². The number of ketones is 1. The average molecular weight is 462 g/mol. The van der Waals surface area contributed by atoms with Gasteiger partial charge in [0.15, 0.2) is 0 Å². The van der Waals surface area contributed by atoms with Crippen molar-refractivity contribution in [3.05, 3.63) is 54.1 Å². The van der Waals surface area contributed by atoms with Crippen molar-refractivity contribution >= 4 is 11.7 Å². The summed E-state index contributed by atoms with van der Waals surface area (Å²) in [6.45, 7) is 4.32. The number of allylic oxidation sites excluding steroid dienone is 4. The molecular formula is C29H35NO4. The van der Waals surface area contributed by atoms with Crippen LogP contribution < -0.4 is 10.1 Å². The first-order chi connectivity index (χ1) is 16.4. The Morgan fingerprint density at radius 1 is 1.12 bits per heavy atom. The molecule has 10 atom stereocenters. The lowest BCUT2D eigenvalue weighted by Crippen LogP contribution is -2.45. The van der Waals surface area contributed by atoms with Gasteiger partial charge >= 0.3 is 0 Å². The highest BCUT2D eigenvalue weighted by molar-refractivity contribution is 6.04. The number of ether oxygens (including phenoxy) is 1. The number of rotatable bonds is 1. The zero-order valence-corrected chi connectivity index (χ0v) is 20.0. The second-order valence-electron chi connectivity index (χ2n) is 11.5. The Morgan fingerprint density at radius 3 is 2.68 bits per heavy atom. The average Bonchev–Trinajstić information content (AvgIpc) is 3.27. The Labute approximate surface area is 201 Å². The van der Waals surface area contributed by atoms with Crippen LogP contribution in [0.25, 0.3) is 0 Å². The third kappa shape index (κ3) is 3.46. The van der Waals surface area contributed by atoms with Crippen LogP contribution >= 0.6 is 0 Å². The molecule has 5 nitrogen and oxygen atoms in total. The predicted octanol–water partition coefficient (Wildman–Crippen LogP) is 4.06. The van der Waals surface area contributed by atoms with Gasteiger partial charge in [0, 0.05) is 30.6 Å². The predicted molar refractivity (Wildman–Crippen MR) is 129 cm³/mol. The minimum absolute atomic E-state index is 0.0286. The SMILES string of the molecule is C/C=C\C1C=CC2C3CC(C)CCC3C3Oc4ccc(cc4)CC4(O)CC(C(=O)N4)C(=O)C1C23. The fourth-order valence-electron chi connectivity index (χ4n) is 7.94. The van der Waals surface area contributed by atoms with E-state index in [1.54, 1.807) is 0 Å². The minimum Gasteiger partial charge on any atom is -0.490 e. The highest BCUT2D eigenvalue weighted by Gasteiger charge is 2.60. The third-order valence-electron chi connectivity index (χ3n) is 9.34. The molecular weight excluding hydrogens is 426 g/mol. The Hall–Kier alpha value is -2.40. The summed E-state index contributed by atoms with van der Waals surface area (Å²) in [6.07, 6.45) is 12.5. The van der Waals surface area contributed by atoms with Gasteiger partial charge in [0.25, 0.3) is 0 Å². The fourth-order valence-corrected chi connectivity index (χ4v) is 7.94. The maximum Gasteiger partial charge on any atom is 0.232 e. The second-order valence-corrected chi connectivity index (χ2v) is 11.5. The number of Topliss-reactive ketones (excluding diaryl/α,β-unsaturated/α-hetero) is 1. The molecule has 3 heterocycles. The van der Waals surface area contributed by atoms with Crippen molar-refractivity contribution in [2.75, 3.05) is 0 Å². The first-order valence-electron chi connectivity index (χ1n) is 13.0. The summed E-state index contributed by atoms with van der Waals surface area (Å²) in [6, 6.07) is 7.91. The normalized spacial score (nSPS) is 45.1. The lowest BCUT2D eigenvalue weighted by Gasteiger charge is -2.39. The highest BCUT2D eigenvalue weighted by Crippen LogP contribution is 2.58. The summed E-state index contributed by atoms with van der Waals surface area (Å²) >= 11 is 0. The van der Waals surface area contributed by atoms with Crippen molar-refractivity contribution in [2.45, 2.75) is 57.8 Å². The van der Waals surface area contributed by atoms with E-state index in [-0.39, 0.29) is 54.3 Å². The lowest BCUT2D eigenvalue weighted by atomic mass is 9.65. The van der Waals surface area contributed by atoms with Crippen LogP contribution in [0.2, 0.25) is 0 Å². The van der Waals surface area contributed by atoms with Gasteiger partial charge in [0.05, 0.1) is 0 Å². The molecule has 1 aromatic carbocycles. The van der Waals surface area contributed by atoms with E-state index in [1.165, 1.54) is 6.42 Å². The molecule has 1 amide bonds. The number of fused-ring (bicyclic) bond motifs is 4. The third-order valence-corrected chi connectivity index (χ3v) is 9.34. The van der Waals surface area contributed by atoms with Crippen molar-refractivity contribution in [2.24, 2.45) is 47.3 Å². The van der Waals surface area contributed by atoms with Crippen molar-refractivity contribution in [3.8, 4) is 5.75 Å². The molecule has 0 aromatic heterocycles. The topological polar surface area (TPSA) is 75.6 Å². The highest BCUT2D eigenvalue weighted by atomic mass is 16.5. The van der Waals surface area contributed by atoms with Crippen LogP contribution in [0.15, 0.2) is 48.6 Å². The number of amides is 1. The summed E-state index contributed by atoms with van der Waals surface area (Å²) in [7, 11) is 0. The van der Waals surface area contributed by atoms with Crippen LogP contribution in [0.5, 0.6) is 5.75 Å². The van der Waals surface area contributed by atoms with Crippen LogP contribution in [0.3, 0.4) is 0 Å². The maximum absolute atomic E-state index is 14.2. The smallest absolute Gasteiger partial charge is 0.232 e. The zero-order chi connectivity index (χ0) is 23.6. The van der Waals surface area contributed by atoms with Crippen LogP contribution in [0.4, 0.5) is 0 Å². The monoisotopic (exact) mass is 461 g/mol. The molecule has 0 radical (unpaired) electrons. The molecule has 2 N–H and O–H groups in total. The van der Waals surface area contributed by atoms with Gasteiger partial charge in [0.1, 0.15) is 29.3 Å². The Morgan fingerprint density at radius 2 is 1.91 bits per heavy atom. The van der Waals surface area contributed by atoms with E-state index in [9.17, 15) is 14.7 Å². The van der Waals surface area contributed by atoms with Crippen LogP contribution in [-0.4, -0.2) is 28.6 Å². The Balaban J connectivity index is 1.50. The molecule has 10 unspecified atom stereocenters.